The zero-order chi connectivity index (χ0) is 14.7. The fourth-order valence-corrected chi connectivity index (χ4v) is 1.84. The maximum Gasteiger partial charge on any atom is 0.203 e. The van der Waals surface area contributed by atoms with Gasteiger partial charge in [-0.3, -0.25) is 4.79 Å². The van der Waals surface area contributed by atoms with Gasteiger partial charge in [-0.25, -0.2) is 0 Å². The fraction of sp³-hybridized carbons (Fsp3) is 0.188. The molecule has 0 atom stereocenters. The summed E-state index contributed by atoms with van der Waals surface area (Å²) in [5, 5.41) is 19.1. The number of Topliss-reactive ketones (excluding diaryl/α,β-unsaturated/α-hetero) is 1. The second-order valence-electron chi connectivity index (χ2n) is 4.68. The van der Waals surface area contributed by atoms with Crippen molar-refractivity contribution in [3.05, 3.63) is 53.1 Å². The van der Waals surface area contributed by atoms with Gasteiger partial charge in [-0.1, -0.05) is 12.1 Å². The number of hydrogen-bond donors (Lipinski definition) is 2. The van der Waals surface area contributed by atoms with E-state index in [0.717, 1.165) is 11.6 Å². The van der Waals surface area contributed by atoms with Crippen LogP contribution in [0.4, 0.5) is 0 Å². The molecule has 0 spiro atoms. The summed E-state index contributed by atoms with van der Waals surface area (Å²) in [6.07, 6.45) is 0. The Morgan fingerprint density at radius 2 is 1.85 bits per heavy atom. The van der Waals surface area contributed by atoms with Gasteiger partial charge in [-0.15, -0.1) is 0 Å². The second kappa shape index (κ2) is 5.65. The van der Waals surface area contributed by atoms with Crippen molar-refractivity contribution in [3.63, 3.8) is 0 Å². The molecule has 0 heterocycles. The standard InChI is InChI=1S/C16H16O4/c1-10-4-3-5-12(6-10)20-9-16(19)13-7-11(2)14(17)8-15(13)18/h3-8,17-18H,9H2,1-2H3. The summed E-state index contributed by atoms with van der Waals surface area (Å²) >= 11 is 0. The second-order valence-corrected chi connectivity index (χ2v) is 4.68. The molecule has 0 aliphatic carbocycles. The molecular formula is C16H16O4. The summed E-state index contributed by atoms with van der Waals surface area (Å²) in [6.45, 7) is 3.43. The number of rotatable bonds is 4. The lowest BCUT2D eigenvalue weighted by atomic mass is 10.1. The Labute approximate surface area is 117 Å². The highest BCUT2D eigenvalue weighted by atomic mass is 16.5. The number of phenols is 2. The number of ether oxygens (including phenoxy) is 1. The molecule has 0 radical (unpaired) electrons. The number of aryl methyl sites for hydroxylation is 2. The van der Waals surface area contributed by atoms with E-state index in [-0.39, 0.29) is 29.5 Å². The number of phenolic OH excluding ortho intramolecular Hbond substituents is 2. The van der Waals surface area contributed by atoms with Gasteiger partial charge in [-0.05, 0) is 43.2 Å². The molecule has 4 heteroatoms. The van der Waals surface area contributed by atoms with Crippen LogP contribution in [-0.4, -0.2) is 22.6 Å². The first-order valence-corrected chi connectivity index (χ1v) is 6.22. The molecule has 0 aliphatic rings. The predicted molar refractivity (Wildman–Crippen MR) is 75.5 cm³/mol. The Morgan fingerprint density at radius 3 is 2.55 bits per heavy atom. The molecule has 20 heavy (non-hydrogen) atoms. The zero-order valence-corrected chi connectivity index (χ0v) is 11.4. The van der Waals surface area contributed by atoms with Crippen molar-refractivity contribution in [3.8, 4) is 17.2 Å². The summed E-state index contributed by atoms with van der Waals surface area (Å²) in [6, 6.07) is 9.99. The number of hydrogen-bond acceptors (Lipinski definition) is 4. The highest BCUT2D eigenvalue weighted by molar-refractivity contribution is 6.00. The molecule has 0 saturated heterocycles. The van der Waals surface area contributed by atoms with E-state index in [0.29, 0.717) is 11.3 Å². The fourth-order valence-electron chi connectivity index (χ4n) is 1.84. The lowest BCUT2D eigenvalue weighted by Crippen LogP contribution is -2.12. The van der Waals surface area contributed by atoms with Crippen LogP contribution < -0.4 is 4.74 Å². The maximum absolute atomic E-state index is 12.0. The molecule has 2 N–H and O–H groups in total. The normalized spacial score (nSPS) is 10.3. The first-order valence-electron chi connectivity index (χ1n) is 6.22. The van der Waals surface area contributed by atoms with Crippen LogP contribution in [0.1, 0.15) is 21.5 Å². The smallest absolute Gasteiger partial charge is 0.203 e. The van der Waals surface area contributed by atoms with Crippen molar-refractivity contribution in [1.29, 1.82) is 0 Å². The Morgan fingerprint density at radius 1 is 1.10 bits per heavy atom. The lowest BCUT2D eigenvalue weighted by molar-refractivity contribution is 0.0918. The number of benzene rings is 2. The van der Waals surface area contributed by atoms with Gasteiger partial charge in [0.2, 0.25) is 5.78 Å². The lowest BCUT2D eigenvalue weighted by Gasteiger charge is -2.09. The van der Waals surface area contributed by atoms with Gasteiger partial charge in [0.25, 0.3) is 0 Å². The topological polar surface area (TPSA) is 66.8 Å². The van der Waals surface area contributed by atoms with Crippen LogP contribution in [0.15, 0.2) is 36.4 Å². The third-order valence-corrected chi connectivity index (χ3v) is 2.97. The first kappa shape index (κ1) is 13.9. The average molecular weight is 272 g/mol. The van der Waals surface area contributed by atoms with Gasteiger partial charge in [-0.2, -0.15) is 0 Å². The summed E-state index contributed by atoms with van der Waals surface area (Å²) in [5.41, 5.74) is 1.72. The SMILES string of the molecule is Cc1cccc(OCC(=O)c2cc(C)c(O)cc2O)c1. The minimum Gasteiger partial charge on any atom is -0.508 e. The molecule has 0 aliphatic heterocycles. The van der Waals surface area contributed by atoms with E-state index in [9.17, 15) is 15.0 Å². The monoisotopic (exact) mass is 272 g/mol. The van der Waals surface area contributed by atoms with Crippen molar-refractivity contribution in [2.24, 2.45) is 0 Å². The Balaban J connectivity index is 2.11. The minimum atomic E-state index is -0.341. The Bertz CT molecular complexity index is 647. The molecule has 2 rings (SSSR count). The van der Waals surface area contributed by atoms with E-state index in [2.05, 4.69) is 0 Å². The van der Waals surface area contributed by atoms with Gasteiger partial charge in [0.1, 0.15) is 17.2 Å². The number of carbonyl (C=O) groups excluding carboxylic acids is 1. The zero-order valence-electron chi connectivity index (χ0n) is 11.4. The van der Waals surface area contributed by atoms with Crippen LogP contribution in [0.25, 0.3) is 0 Å². The third-order valence-electron chi connectivity index (χ3n) is 2.97. The van der Waals surface area contributed by atoms with E-state index in [4.69, 9.17) is 4.74 Å². The largest absolute Gasteiger partial charge is 0.508 e. The molecule has 2 aromatic rings. The van der Waals surface area contributed by atoms with Gasteiger partial charge >= 0.3 is 0 Å². The van der Waals surface area contributed by atoms with Crippen LogP contribution in [0.5, 0.6) is 17.2 Å². The first-order chi connectivity index (χ1) is 9.47. The van der Waals surface area contributed by atoms with Crippen molar-refractivity contribution < 1.29 is 19.7 Å². The average Bonchev–Trinajstić information content (AvgIpc) is 2.40. The van der Waals surface area contributed by atoms with Crippen molar-refractivity contribution in [2.45, 2.75) is 13.8 Å². The number of carbonyl (C=O) groups is 1. The summed E-state index contributed by atoms with van der Waals surface area (Å²) in [5.74, 6) is -0.0231. The predicted octanol–water partition coefficient (Wildman–Crippen LogP) is 2.98. The maximum atomic E-state index is 12.0. The van der Waals surface area contributed by atoms with E-state index in [1.165, 1.54) is 6.07 Å². The van der Waals surface area contributed by atoms with Crippen molar-refractivity contribution in [1.82, 2.24) is 0 Å². The molecule has 4 nitrogen and oxygen atoms in total. The molecule has 0 aromatic heterocycles. The molecule has 0 fully saturated rings. The Kier molecular flexibility index (Phi) is 3.94. The van der Waals surface area contributed by atoms with Gasteiger partial charge in [0.05, 0.1) is 5.56 Å². The molecule has 0 unspecified atom stereocenters. The summed E-state index contributed by atoms with van der Waals surface area (Å²) in [4.78, 5) is 12.0. The Hall–Kier alpha value is -2.49. The van der Waals surface area contributed by atoms with Gasteiger partial charge in [0.15, 0.2) is 6.61 Å². The molecule has 0 amide bonds. The third kappa shape index (κ3) is 3.09. The summed E-state index contributed by atoms with van der Waals surface area (Å²) < 4.78 is 5.40. The molecular weight excluding hydrogens is 256 g/mol. The van der Waals surface area contributed by atoms with E-state index < -0.39 is 0 Å². The number of aromatic hydroxyl groups is 2. The van der Waals surface area contributed by atoms with Crippen molar-refractivity contribution >= 4 is 5.78 Å². The molecule has 2 aromatic carbocycles. The number of ketones is 1. The van der Waals surface area contributed by atoms with Crippen molar-refractivity contribution in [2.75, 3.05) is 6.61 Å². The molecule has 0 bridgehead atoms. The highest BCUT2D eigenvalue weighted by Crippen LogP contribution is 2.27. The van der Waals surface area contributed by atoms with Gasteiger partial charge < -0.3 is 14.9 Å². The van der Waals surface area contributed by atoms with E-state index in [1.807, 2.05) is 25.1 Å². The highest BCUT2D eigenvalue weighted by Gasteiger charge is 2.14. The van der Waals surface area contributed by atoms with Crippen LogP contribution in [-0.2, 0) is 0 Å². The minimum absolute atomic E-state index is 0.0429. The molecule has 0 saturated carbocycles. The quantitative estimate of drug-likeness (QED) is 0.840. The van der Waals surface area contributed by atoms with Crippen LogP contribution in [0.3, 0.4) is 0 Å². The molecule has 104 valence electrons. The summed E-state index contributed by atoms with van der Waals surface area (Å²) in [7, 11) is 0. The van der Waals surface area contributed by atoms with Crippen LogP contribution in [0, 0.1) is 13.8 Å². The van der Waals surface area contributed by atoms with Crippen LogP contribution >= 0.6 is 0 Å². The van der Waals surface area contributed by atoms with E-state index >= 15 is 0 Å². The van der Waals surface area contributed by atoms with Gasteiger partial charge in [0, 0.05) is 6.07 Å². The van der Waals surface area contributed by atoms with E-state index in [1.54, 1.807) is 13.0 Å². The van der Waals surface area contributed by atoms with Crippen LogP contribution in [0.2, 0.25) is 0 Å².